The van der Waals surface area contributed by atoms with Crippen molar-refractivity contribution < 1.29 is 24.2 Å². The number of rotatable bonds is 6. The molecule has 1 aliphatic carbocycles. The van der Waals surface area contributed by atoms with Crippen molar-refractivity contribution in [2.45, 2.75) is 51.7 Å². The molecule has 1 amide bonds. The molecule has 1 aliphatic rings. The van der Waals surface area contributed by atoms with Gasteiger partial charge in [0.15, 0.2) is 11.5 Å². The summed E-state index contributed by atoms with van der Waals surface area (Å²) in [4.78, 5) is 23.4. The van der Waals surface area contributed by atoms with Crippen molar-refractivity contribution in [3.8, 4) is 11.5 Å². The fourth-order valence-electron chi connectivity index (χ4n) is 2.91. The molecule has 1 aromatic carbocycles. The van der Waals surface area contributed by atoms with Gasteiger partial charge in [-0.25, -0.2) is 0 Å². The summed E-state index contributed by atoms with van der Waals surface area (Å²) in [5.74, 6) is -0.0870. The van der Waals surface area contributed by atoms with Crippen molar-refractivity contribution in [1.29, 1.82) is 0 Å². The van der Waals surface area contributed by atoms with Crippen LogP contribution >= 0.6 is 0 Å². The number of aliphatic carboxylic acids is 1. The third-order valence-electron chi connectivity index (χ3n) is 4.20. The monoisotopic (exact) mass is 335 g/mol. The van der Waals surface area contributed by atoms with Crippen LogP contribution in [0.25, 0.3) is 0 Å². The summed E-state index contributed by atoms with van der Waals surface area (Å²) in [6.45, 7) is 3.85. The summed E-state index contributed by atoms with van der Waals surface area (Å²) in [6.07, 6.45) is 2.60. The fraction of sp³-hybridized carbons (Fsp3) is 0.556. The first-order valence-corrected chi connectivity index (χ1v) is 8.29. The van der Waals surface area contributed by atoms with E-state index in [0.717, 1.165) is 0 Å². The second-order valence-corrected chi connectivity index (χ2v) is 6.39. The summed E-state index contributed by atoms with van der Waals surface area (Å²) >= 11 is 0. The number of hydrogen-bond acceptors (Lipinski definition) is 4. The zero-order chi connectivity index (χ0) is 17.7. The van der Waals surface area contributed by atoms with Gasteiger partial charge >= 0.3 is 5.97 Å². The molecule has 6 nitrogen and oxygen atoms in total. The number of hydrogen-bond donors (Lipinski definition) is 2. The molecule has 0 saturated heterocycles. The van der Waals surface area contributed by atoms with Gasteiger partial charge in [-0.2, -0.15) is 0 Å². The molecule has 0 spiro atoms. The number of ether oxygens (including phenoxy) is 2. The van der Waals surface area contributed by atoms with E-state index >= 15 is 0 Å². The van der Waals surface area contributed by atoms with Gasteiger partial charge in [-0.15, -0.1) is 0 Å². The predicted octanol–water partition coefficient (Wildman–Crippen LogP) is 2.86. The van der Waals surface area contributed by atoms with E-state index in [1.807, 2.05) is 13.8 Å². The average Bonchev–Trinajstić information content (AvgIpc) is 2.55. The minimum Gasteiger partial charge on any atom is -0.493 e. The van der Waals surface area contributed by atoms with E-state index in [1.165, 1.54) is 7.11 Å². The first kappa shape index (κ1) is 18.1. The molecule has 24 heavy (non-hydrogen) atoms. The van der Waals surface area contributed by atoms with Gasteiger partial charge in [-0.05, 0) is 57.7 Å². The highest BCUT2D eigenvalue weighted by Gasteiger charge is 2.27. The van der Waals surface area contributed by atoms with Gasteiger partial charge in [-0.1, -0.05) is 0 Å². The first-order valence-electron chi connectivity index (χ1n) is 8.29. The topological polar surface area (TPSA) is 84.9 Å². The molecule has 0 radical (unpaired) electrons. The molecule has 2 N–H and O–H groups in total. The van der Waals surface area contributed by atoms with Crippen LogP contribution in [-0.4, -0.2) is 36.2 Å². The second-order valence-electron chi connectivity index (χ2n) is 6.39. The molecule has 0 atom stereocenters. The Morgan fingerprint density at radius 3 is 2.38 bits per heavy atom. The normalized spacial score (nSPS) is 20.5. The highest BCUT2D eigenvalue weighted by Crippen LogP contribution is 2.29. The van der Waals surface area contributed by atoms with Gasteiger partial charge in [0.05, 0.1) is 19.1 Å². The van der Waals surface area contributed by atoms with Gasteiger partial charge in [0.25, 0.3) is 5.91 Å². The first-order chi connectivity index (χ1) is 11.4. The van der Waals surface area contributed by atoms with Crippen molar-refractivity contribution in [3.05, 3.63) is 23.8 Å². The molecule has 6 heteroatoms. The van der Waals surface area contributed by atoms with Crippen molar-refractivity contribution in [1.82, 2.24) is 5.32 Å². The summed E-state index contributed by atoms with van der Waals surface area (Å²) in [5.41, 5.74) is 0.503. The Kier molecular flexibility index (Phi) is 6.06. The molecular formula is C18H25NO5. The van der Waals surface area contributed by atoms with Crippen LogP contribution in [0.2, 0.25) is 0 Å². The van der Waals surface area contributed by atoms with E-state index in [2.05, 4.69) is 5.32 Å². The second kappa shape index (κ2) is 8.04. The molecular weight excluding hydrogens is 310 g/mol. The molecule has 0 heterocycles. The summed E-state index contributed by atoms with van der Waals surface area (Å²) in [7, 11) is 1.54. The molecule has 0 unspecified atom stereocenters. The van der Waals surface area contributed by atoms with E-state index in [1.54, 1.807) is 18.2 Å². The molecule has 1 aromatic rings. The zero-order valence-electron chi connectivity index (χ0n) is 14.4. The van der Waals surface area contributed by atoms with Crippen molar-refractivity contribution in [3.63, 3.8) is 0 Å². The molecule has 1 fully saturated rings. The molecule has 0 aromatic heterocycles. The zero-order valence-corrected chi connectivity index (χ0v) is 14.4. The maximum Gasteiger partial charge on any atom is 0.306 e. The maximum absolute atomic E-state index is 12.4. The molecule has 1 saturated carbocycles. The van der Waals surface area contributed by atoms with Gasteiger partial charge in [0.1, 0.15) is 0 Å². The Labute approximate surface area is 142 Å². The van der Waals surface area contributed by atoms with Crippen LogP contribution in [0.15, 0.2) is 18.2 Å². The average molecular weight is 335 g/mol. The highest BCUT2D eigenvalue weighted by molar-refractivity contribution is 5.95. The van der Waals surface area contributed by atoms with E-state index < -0.39 is 5.97 Å². The van der Waals surface area contributed by atoms with Crippen molar-refractivity contribution in [2.24, 2.45) is 5.92 Å². The lowest BCUT2D eigenvalue weighted by molar-refractivity contribution is -0.142. The van der Waals surface area contributed by atoms with Crippen LogP contribution in [0.1, 0.15) is 49.9 Å². The Morgan fingerprint density at radius 1 is 1.17 bits per heavy atom. The summed E-state index contributed by atoms with van der Waals surface area (Å²) < 4.78 is 10.9. The van der Waals surface area contributed by atoms with Crippen LogP contribution in [0, 0.1) is 5.92 Å². The number of nitrogens with one attached hydrogen (secondary N) is 1. The van der Waals surface area contributed by atoms with E-state index in [-0.39, 0.29) is 24.0 Å². The SMILES string of the molecule is COc1cc(C(=O)NC2CCC(C(=O)O)CC2)ccc1OC(C)C. The van der Waals surface area contributed by atoms with Crippen LogP contribution in [0.5, 0.6) is 11.5 Å². The molecule has 2 rings (SSSR count). The molecule has 0 bridgehead atoms. The van der Waals surface area contributed by atoms with Crippen LogP contribution in [-0.2, 0) is 4.79 Å². The van der Waals surface area contributed by atoms with Gasteiger partial charge in [0.2, 0.25) is 0 Å². The van der Waals surface area contributed by atoms with Crippen LogP contribution in [0.3, 0.4) is 0 Å². The molecule has 0 aliphatic heterocycles. The van der Waals surface area contributed by atoms with Crippen molar-refractivity contribution in [2.75, 3.05) is 7.11 Å². The Hall–Kier alpha value is -2.24. The third kappa shape index (κ3) is 4.63. The number of benzene rings is 1. The summed E-state index contributed by atoms with van der Waals surface area (Å²) in [6, 6.07) is 5.12. The lowest BCUT2D eigenvalue weighted by Gasteiger charge is -2.26. The Morgan fingerprint density at radius 2 is 1.83 bits per heavy atom. The number of amides is 1. The summed E-state index contributed by atoms with van der Waals surface area (Å²) in [5, 5.41) is 12.0. The van der Waals surface area contributed by atoms with E-state index in [9.17, 15) is 9.59 Å². The lowest BCUT2D eigenvalue weighted by atomic mass is 9.86. The van der Waals surface area contributed by atoms with Crippen molar-refractivity contribution >= 4 is 11.9 Å². The quantitative estimate of drug-likeness (QED) is 0.835. The van der Waals surface area contributed by atoms with E-state index in [4.69, 9.17) is 14.6 Å². The lowest BCUT2D eigenvalue weighted by Crippen LogP contribution is -2.38. The fourth-order valence-corrected chi connectivity index (χ4v) is 2.91. The van der Waals surface area contributed by atoms with Crippen LogP contribution in [0.4, 0.5) is 0 Å². The third-order valence-corrected chi connectivity index (χ3v) is 4.20. The highest BCUT2D eigenvalue weighted by atomic mass is 16.5. The van der Waals surface area contributed by atoms with Gasteiger partial charge in [-0.3, -0.25) is 9.59 Å². The Balaban J connectivity index is 1.99. The molecule has 132 valence electrons. The van der Waals surface area contributed by atoms with Gasteiger partial charge in [0, 0.05) is 11.6 Å². The minimum absolute atomic E-state index is 0.0167. The number of carboxylic acid groups (broad SMARTS) is 1. The standard InChI is InChI=1S/C18H25NO5/c1-11(2)24-15-9-6-13(10-16(15)23-3)17(20)19-14-7-4-12(5-8-14)18(21)22/h6,9-12,14H,4-5,7-8H2,1-3H3,(H,19,20)(H,21,22). The maximum atomic E-state index is 12.4. The number of methoxy groups -OCH3 is 1. The number of carboxylic acids is 1. The number of carbonyl (C=O) groups is 2. The smallest absolute Gasteiger partial charge is 0.306 e. The van der Waals surface area contributed by atoms with E-state index in [0.29, 0.717) is 42.7 Å². The Bertz CT molecular complexity index is 591. The number of carbonyl (C=O) groups excluding carboxylic acids is 1. The largest absolute Gasteiger partial charge is 0.493 e. The van der Waals surface area contributed by atoms with Crippen LogP contribution < -0.4 is 14.8 Å². The predicted molar refractivity (Wildman–Crippen MR) is 89.6 cm³/mol. The van der Waals surface area contributed by atoms with Gasteiger partial charge < -0.3 is 19.9 Å². The minimum atomic E-state index is -0.745.